The van der Waals surface area contributed by atoms with Crippen LogP contribution < -0.4 is 16.2 Å². The largest absolute Gasteiger partial charge is 0.314 e. The topological polar surface area (TPSA) is 90.1 Å². The summed E-state index contributed by atoms with van der Waals surface area (Å²) in [4.78, 5) is 24.5. The smallest absolute Gasteiger partial charge is 0.264 e. The molecule has 0 unspecified atom stereocenters. The van der Waals surface area contributed by atoms with E-state index < -0.39 is 0 Å². The third kappa shape index (κ3) is 3.65. The lowest BCUT2D eigenvalue weighted by Gasteiger charge is -2.26. The molecule has 92 valence electrons. The molecule has 2 rings (SSSR count). The minimum atomic E-state index is -0.287. The van der Waals surface area contributed by atoms with E-state index in [1.165, 1.54) is 12.1 Å². The summed E-state index contributed by atoms with van der Waals surface area (Å²) in [5.74, 6) is 0.246. The molecule has 17 heavy (non-hydrogen) atoms. The fourth-order valence-electron chi connectivity index (χ4n) is 1.67. The van der Waals surface area contributed by atoms with Crippen molar-refractivity contribution in [3.05, 3.63) is 22.5 Å². The average Bonchev–Trinajstić information content (AvgIpc) is 2.33. The maximum absolute atomic E-state index is 11.7. The van der Waals surface area contributed by atoms with Crippen LogP contribution in [0.15, 0.2) is 16.9 Å². The van der Waals surface area contributed by atoms with Gasteiger partial charge >= 0.3 is 0 Å². The van der Waals surface area contributed by atoms with E-state index in [1.54, 1.807) is 0 Å². The Morgan fingerprint density at radius 2 is 2.18 bits per heavy atom. The van der Waals surface area contributed by atoms with Gasteiger partial charge in [0.25, 0.3) is 5.56 Å². The predicted octanol–water partition coefficient (Wildman–Crippen LogP) is -1.39. The van der Waals surface area contributed by atoms with Gasteiger partial charge in [-0.25, -0.2) is 5.10 Å². The van der Waals surface area contributed by atoms with Gasteiger partial charge in [0, 0.05) is 32.2 Å². The normalized spacial score (nSPS) is 16.7. The molecular formula is C10H15N5O2. The first-order valence-corrected chi connectivity index (χ1v) is 5.53. The van der Waals surface area contributed by atoms with E-state index in [2.05, 4.69) is 25.7 Å². The number of nitrogens with one attached hydrogen (secondary N) is 3. The number of hydrogen-bond acceptors (Lipinski definition) is 5. The molecule has 1 aliphatic rings. The molecule has 1 aliphatic heterocycles. The highest BCUT2D eigenvalue weighted by Crippen LogP contribution is 1.97. The number of nitrogens with zero attached hydrogens (tertiary/aromatic N) is 2. The van der Waals surface area contributed by atoms with Gasteiger partial charge in [-0.1, -0.05) is 0 Å². The second kappa shape index (κ2) is 5.55. The fraction of sp³-hybridized carbons (Fsp3) is 0.500. The molecular weight excluding hydrogens is 222 g/mol. The summed E-state index contributed by atoms with van der Waals surface area (Å²) < 4.78 is 0. The lowest BCUT2D eigenvalue weighted by Crippen LogP contribution is -2.46. The SMILES string of the molecule is O=C(CN1CCNCC1)Nc1ccc(=O)[nH]n1. The minimum Gasteiger partial charge on any atom is -0.314 e. The van der Waals surface area contributed by atoms with E-state index in [0.29, 0.717) is 12.4 Å². The van der Waals surface area contributed by atoms with Crippen LogP contribution in [0.3, 0.4) is 0 Å². The molecule has 0 aliphatic carbocycles. The van der Waals surface area contributed by atoms with Crippen molar-refractivity contribution in [1.29, 1.82) is 0 Å². The molecule has 1 saturated heterocycles. The predicted molar refractivity (Wildman–Crippen MR) is 62.8 cm³/mol. The third-order valence-electron chi connectivity index (χ3n) is 2.52. The van der Waals surface area contributed by atoms with Crippen LogP contribution in [-0.2, 0) is 4.79 Å². The summed E-state index contributed by atoms with van der Waals surface area (Å²) in [6.45, 7) is 3.90. The molecule has 0 bridgehead atoms. The number of carbonyl (C=O) groups is 1. The summed E-state index contributed by atoms with van der Waals surface area (Å²) >= 11 is 0. The maximum Gasteiger partial charge on any atom is 0.264 e. The molecule has 2 heterocycles. The molecule has 7 heteroatoms. The van der Waals surface area contributed by atoms with Crippen molar-refractivity contribution >= 4 is 11.7 Å². The molecule has 1 aromatic rings. The van der Waals surface area contributed by atoms with Crippen LogP contribution in [0.25, 0.3) is 0 Å². The fourth-order valence-corrected chi connectivity index (χ4v) is 1.67. The lowest BCUT2D eigenvalue weighted by molar-refractivity contribution is -0.117. The summed E-state index contributed by atoms with van der Waals surface area (Å²) in [7, 11) is 0. The number of carbonyl (C=O) groups excluding carboxylic acids is 1. The number of amides is 1. The minimum absolute atomic E-state index is 0.119. The van der Waals surface area contributed by atoms with Crippen LogP contribution in [-0.4, -0.2) is 53.7 Å². The van der Waals surface area contributed by atoms with Gasteiger partial charge < -0.3 is 10.6 Å². The number of anilines is 1. The Kier molecular flexibility index (Phi) is 3.84. The summed E-state index contributed by atoms with van der Waals surface area (Å²) in [6.07, 6.45) is 0. The lowest BCUT2D eigenvalue weighted by atomic mass is 10.3. The van der Waals surface area contributed by atoms with Crippen LogP contribution in [0.1, 0.15) is 0 Å². The first-order valence-electron chi connectivity index (χ1n) is 5.53. The van der Waals surface area contributed by atoms with Crippen molar-refractivity contribution in [2.45, 2.75) is 0 Å². The van der Waals surface area contributed by atoms with Gasteiger partial charge in [0.05, 0.1) is 6.54 Å². The molecule has 1 amide bonds. The van der Waals surface area contributed by atoms with Gasteiger partial charge in [-0.05, 0) is 6.07 Å². The first-order chi connectivity index (χ1) is 8.24. The van der Waals surface area contributed by atoms with Crippen molar-refractivity contribution < 1.29 is 4.79 Å². The summed E-state index contributed by atoms with van der Waals surface area (Å²) in [6, 6.07) is 2.81. The van der Waals surface area contributed by atoms with Crippen LogP contribution >= 0.6 is 0 Å². The van der Waals surface area contributed by atoms with Crippen molar-refractivity contribution in [3.8, 4) is 0 Å². The quantitative estimate of drug-likeness (QED) is 0.602. The highest BCUT2D eigenvalue weighted by molar-refractivity contribution is 5.91. The van der Waals surface area contributed by atoms with Gasteiger partial charge in [-0.2, -0.15) is 5.10 Å². The molecule has 7 nitrogen and oxygen atoms in total. The standard InChI is InChI=1S/C10H15N5O2/c16-9-2-1-8(13-14-9)12-10(17)7-15-5-3-11-4-6-15/h1-2,11H,3-7H2,(H,14,16)(H,12,13,17). The number of hydrogen-bond donors (Lipinski definition) is 3. The second-order valence-electron chi connectivity index (χ2n) is 3.88. The van der Waals surface area contributed by atoms with Gasteiger partial charge in [-0.15, -0.1) is 0 Å². The van der Waals surface area contributed by atoms with E-state index in [1.807, 2.05) is 0 Å². The van der Waals surface area contributed by atoms with Crippen molar-refractivity contribution in [3.63, 3.8) is 0 Å². The van der Waals surface area contributed by atoms with Gasteiger partial charge in [0.1, 0.15) is 0 Å². The van der Waals surface area contributed by atoms with Gasteiger partial charge in [0.15, 0.2) is 5.82 Å². The zero-order valence-electron chi connectivity index (χ0n) is 9.40. The molecule has 0 aromatic carbocycles. The monoisotopic (exact) mass is 237 g/mol. The molecule has 0 radical (unpaired) electrons. The number of H-pyrrole nitrogens is 1. The molecule has 1 fully saturated rings. The Bertz CT molecular complexity index is 418. The van der Waals surface area contributed by atoms with Crippen molar-refractivity contribution in [2.75, 3.05) is 38.0 Å². The Balaban J connectivity index is 1.84. The van der Waals surface area contributed by atoms with Crippen LogP contribution in [0, 0.1) is 0 Å². The number of rotatable bonds is 3. The molecule has 3 N–H and O–H groups in total. The maximum atomic E-state index is 11.7. The Labute approximate surface area is 98.2 Å². The first kappa shape index (κ1) is 11.7. The van der Waals surface area contributed by atoms with E-state index in [-0.39, 0.29) is 11.5 Å². The van der Waals surface area contributed by atoms with Crippen molar-refractivity contribution in [2.24, 2.45) is 0 Å². The zero-order chi connectivity index (χ0) is 12.1. The molecule has 0 atom stereocenters. The summed E-state index contributed by atoms with van der Waals surface area (Å²) in [5, 5.41) is 11.8. The van der Waals surface area contributed by atoms with Gasteiger partial charge in [-0.3, -0.25) is 14.5 Å². The highest BCUT2D eigenvalue weighted by Gasteiger charge is 2.13. The Morgan fingerprint density at radius 1 is 1.41 bits per heavy atom. The molecule has 0 spiro atoms. The second-order valence-corrected chi connectivity index (χ2v) is 3.88. The van der Waals surface area contributed by atoms with Crippen LogP contribution in [0.2, 0.25) is 0 Å². The molecule has 1 aromatic heterocycles. The Hall–Kier alpha value is -1.73. The highest BCUT2D eigenvalue weighted by atomic mass is 16.2. The molecule has 0 saturated carbocycles. The third-order valence-corrected chi connectivity index (χ3v) is 2.52. The van der Waals surface area contributed by atoms with Crippen LogP contribution in [0.5, 0.6) is 0 Å². The summed E-state index contributed by atoms with van der Waals surface area (Å²) in [5.41, 5.74) is -0.287. The van der Waals surface area contributed by atoms with E-state index in [4.69, 9.17) is 0 Å². The van der Waals surface area contributed by atoms with E-state index in [9.17, 15) is 9.59 Å². The van der Waals surface area contributed by atoms with E-state index >= 15 is 0 Å². The number of aromatic amines is 1. The average molecular weight is 237 g/mol. The van der Waals surface area contributed by atoms with Crippen LogP contribution in [0.4, 0.5) is 5.82 Å². The van der Waals surface area contributed by atoms with E-state index in [0.717, 1.165) is 26.2 Å². The zero-order valence-corrected chi connectivity index (χ0v) is 9.40. The number of aromatic nitrogens is 2. The Morgan fingerprint density at radius 3 is 2.82 bits per heavy atom. The van der Waals surface area contributed by atoms with Gasteiger partial charge in [0.2, 0.25) is 5.91 Å². The number of piperazine rings is 1. The van der Waals surface area contributed by atoms with Crippen molar-refractivity contribution in [1.82, 2.24) is 20.4 Å².